The molecule has 5 aromatic rings. The van der Waals surface area contributed by atoms with E-state index in [1.54, 1.807) is 16.4 Å². The average molecular weight is 400 g/mol. The minimum Gasteiger partial charge on any atom is -0.418 e. The normalized spacial score (nSPS) is 12.3. The van der Waals surface area contributed by atoms with Crippen molar-refractivity contribution in [3.63, 3.8) is 0 Å². The molecule has 0 N–H and O–H groups in total. The van der Waals surface area contributed by atoms with E-state index >= 15 is 0 Å². The third kappa shape index (κ3) is 3.36. The van der Waals surface area contributed by atoms with Crippen LogP contribution in [-0.2, 0) is 6.42 Å². The number of hydrogen-bond acceptors (Lipinski definition) is 6. The summed E-state index contributed by atoms with van der Waals surface area (Å²) in [5.41, 5.74) is 1.83. The van der Waals surface area contributed by atoms with Crippen LogP contribution in [0.2, 0.25) is 0 Å². The molecule has 29 heavy (non-hydrogen) atoms. The van der Waals surface area contributed by atoms with Gasteiger partial charge in [0.05, 0.1) is 10.1 Å². The van der Waals surface area contributed by atoms with Crippen molar-refractivity contribution < 1.29 is 4.42 Å². The first-order valence-corrected chi connectivity index (χ1v) is 9.95. The van der Waals surface area contributed by atoms with Crippen LogP contribution in [-0.4, -0.2) is 19.1 Å². The topological polar surface area (TPSA) is 73.8 Å². The van der Waals surface area contributed by atoms with Gasteiger partial charge in [-0.3, -0.25) is 13.7 Å². The molecule has 5 rings (SSSR count). The summed E-state index contributed by atoms with van der Waals surface area (Å²) in [6, 6.07) is 20.9. The third-order valence-corrected chi connectivity index (χ3v) is 5.89. The summed E-state index contributed by atoms with van der Waals surface area (Å²) in [5, 5.41) is 9.19. The molecule has 3 heterocycles. The van der Waals surface area contributed by atoms with E-state index < -0.39 is 0 Å². The number of nitrogens with zero attached hydrogens (tertiary/aromatic N) is 4. The van der Waals surface area contributed by atoms with Gasteiger partial charge in [-0.05, 0) is 29.8 Å². The fourth-order valence-electron chi connectivity index (χ4n) is 3.28. The highest BCUT2D eigenvalue weighted by molar-refractivity contribution is 7.13. The molecular weight excluding hydrogens is 384 g/mol. The van der Waals surface area contributed by atoms with Crippen LogP contribution in [0.4, 0.5) is 0 Å². The zero-order valence-corrected chi connectivity index (χ0v) is 16.1. The molecule has 0 amide bonds. The predicted octanol–water partition coefficient (Wildman–Crippen LogP) is 4.34. The summed E-state index contributed by atoms with van der Waals surface area (Å²) in [6.07, 6.45) is 3.93. The maximum Gasteiger partial charge on any atom is 0.269 e. The van der Waals surface area contributed by atoms with Crippen LogP contribution < -0.4 is 5.56 Å². The zero-order chi connectivity index (χ0) is 19.6. The molecule has 142 valence electrons. The van der Waals surface area contributed by atoms with Gasteiger partial charge in [-0.2, -0.15) is 0 Å². The van der Waals surface area contributed by atoms with E-state index in [0.717, 1.165) is 15.8 Å². The first-order chi connectivity index (χ1) is 14.3. The van der Waals surface area contributed by atoms with Gasteiger partial charge in [0.2, 0.25) is 11.8 Å². The quantitative estimate of drug-likeness (QED) is 0.439. The molecule has 0 saturated carbocycles. The molecule has 0 radical (unpaired) electrons. The van der Waals surface area contributed by atoms with Gasteiger partial charge in [0, 0.05) is 24.4 Å². The Balaban J connectivity index is 1.62. The van der Waals surface area contributed by atoms with Crippen LogP contribution in [0.5, 0.6) is 0 Å². The smallest absolute Gasteiger partial charge is 0.269 e. The number of aromatic nitrogens is 4. The lowest BCUT2D eigenvalue weighted by Gasteiger charge is -2.13. The van der Waals surface area contributed by atoms with E-state index in [4.69, 9.17) is 4.42 Å². The summed E-state index contributed by atoms with van der Waals surface area (Å²) >= 11 is 1.42. The molecule has 0 spiro atoms. The Hall–Kier alpha value is -3.58. The van der Waals surface area contributed by atoms with Crippen molar-refractivity contribution in [2.45, 2.75) is 12.5 Å². The van der Waals surface area contributed by atoms with Crippen molar-refractivity contribution in [2.24, 2.45) is 0 Å². The summed E-state index contributed by atoms with van der Waals surface area (Å²) < 4.78 is 8.68. The molecule has 7 heteroatoms. The number of benzene rings is 2. The molecule has 0 saturated heterocycles. The minimum atomic E-state index is -0.384. The zero-order valence-electron chi connectivity index (χ0n) is 15.3. The highest BCUT2D eigenvalue weighted by atomic mass is 32.1. The van der Waals surface area contributed by atoms with Gasteiger partial charge in [-0.25, -0.2) is 0 Å². The largest absolute Gasteiger partial charge is 0.418 e. The molecule has 0 unspecified atom stereocenters. The molecule has 6 nitrogen and oxygen atoms in total. The molecule has 3 aromatic heterocycles. The summed E-state index contributed by atoms with van der Waals surface area (Å²) in [6.45, 7) is 0. The van der Waals surface area contributed by atoms with Gasteiger partial charge in [0.15, 0.2) is 0 Å². The summed E-state index contributed by atoms with van der Waals surface area (Å²) in [5.74, 6) is 0.823. The molecule has 0 aliphatic rings. The highest BCUT2D eigenvalue weighted by Crippen LogP contribution is 2.28. The van der Waals surface area contributed by atoms with E-state index in [0.29, 0.717) is 23.6 Å². The fourth-order valence-corrected chi connectivity index (χ4v) is 4.36. The van der Waals surface area contributed by atoms with Gasteiger partial charge in [0.25, 0.3) is 5.56 Å². The molecule has 2 aromatic carbocycles. The van der Waals surface area contributed by atoms with Crippen LogP contribution in [0.1, 0.15) is 17.5 Å². The Labute approximate surface area is 170 Å². The van der Waals surface area contributed by atoms with Crippen molar-refractivity contribution in [1.29, 1.82) is 0 Å². The SMILES string of the molecule is O=c1c2ccccc2sn1[C@@H](Cc1ccccc1)c1nnc(-c2ccncc2)o1. The average Bonchev–Trinajstić information content (AvgIpc) is 3.39. The van der Waals surface area contributed by atoms with E-state index in [2.05, 4.69) is 15.2 Å². The monoisotopic (exact) mass is 400 g/mol. The first kappa shape index (κ1) is 17.5. The van der Waals surface area contributed by atoms with Gasteiger partial charge >= 0.3 is 0 Å². The van der Waals surface area contributed by atoms with Crippen molar-refractivity contribution in [3.05, 3.63) is 101 Å². The van der Waals surface area contributed by atoms with Gasteiger partial charge in [-0.1, -0.05) is 54.0 Å². The Bertz CT molecular complexity index is 1310. The highest BCUT2D eigenvalue weighted by Gasteiger charge is 2.25. The number of fused-ring (bicyclic) bond motifs is 1. The molecular formula is C22H16N4O2S. The van der Waals surface area contributed by atoms with E-state index in [-0.39, 0.29) is 11.6 Å². The van der Waals surface area contributed by atoms with E-state index in [1.165, 1.54) is 11.5 Å². The molecule has 0 fully saturated rings. The second-order valence-electron chi connectivity index (χ2n) is 6.61. The lowest BCUT2D eigenvalue weighted by molar-refractivity contribution is 0.427. The van der Waals surface area contributed by atoms with Crippen molar-refractivity contribution in [2.75, 3.05) is 0 Å². The minimum absolute atomic E-state index is 0.0461. The lowest BCUT2D eigenvalue weighted by Crippen LogP contribution is -2.22. The Morgan fingerprint density at radius 3 is 2.48 bits per heavy atom. The Morgan fingerprint density at radius 2 is 1.69 bits per heavy atom. The first-order valence-electron chi connectivity index (χ1n) is 9.18. The standard InChI is InChI=1S/C22H16N4O2S/c27-22-17-8-4-5-9-19(17)29-26(22)18(14-15-6-2-1-3-7-15)21-25-24-20(28-21)16-10-12-23-13-11-16/h1-13,18H,14H2/t18-/m0/s1. The second kappa shape index (κ2) is 7.44. The maximum atomic E-state index is 13.1. The molecule has 0 aliphatic carbocycles. The Morgan fingerprint density at radius 1 is 0.931 bits per heavy atom. The van der Waals surface area contributed by atoms with Crippen molar-refractivity contribution in [3.8, 4) is 11.5 Å². The van der Waals surface area contributed by atoms with Crippen LogP contribution in [0.15, 0.2) is 88.3 Å². The third-order valence-electron chi connectivity index (χ3n) is 4.72. The second-order valence-corrected chi connectivity index (χ2v) is 7.62. The number of hydrogen-bond donors (Lipinski definition) is 0. The molecule has 1 atom stereocenters. The lowest BCUT2D eigenvalue weighted by atomic mass is 10.1. The maximum absolute atomic E-state index is 13.1. The van der Waals surface area contributed by atoms with Crippen LogP contribution in [0.3, 0.4) is 0 Å². The van der Waals surface area contributed by atoms with Crippen LogP contribution >= 0.6 is 11.5 Å². The molecule has 0 bridgehead atoms. The van der Waals surface area contributed by atoms with Crippen LogP contribution in [0, 0.1) is 0 Å². The molecule has 0 aliphatic heterocycles. The van der Waals surface area contributed by atoms with Crippen molar-refractivity contribution >= 4 is 21.6 Å². The number of pyridine rings is 1. The van der Waals surface area contributed by atoms with E-state index in [9.17, 15) is 4.79 Å². The fraction of sp³-hybridized carbons (Fsp3) is 0.0909. The van der Waals surface area contributed by atoms with E-state index in [1.807, 2.05) is 66.7 Å². The van der Waals surface area contributed by atoms with Gasteiger partial charge in [0.1, 0.15) is 6.04 Å². The van der Waals surface area contributed by atoms with Crippen molar-refractivity contribution in [1.82, 2.24) is 19.1 Å². The number of rotatable bonds is 5. The summed E-state index contributed by atoms with van der Waals surface area (Å²) in [7, 11) is 0. The van der Waals surface area contributed by atoms with Gasteiger partial charge in [-0.15, -0.1) is 10.2 Å². The Kier molecular flexibility index (Phi) is 4.50. The van der Waals surface area contributed by atoms with Crippen LogP contribution in [0.25, 0.3) is 21.5 Å². The predicted molar refractivity (Wildman–Crippen MR) is 112 cm³/mol. The summed E-state index contributed by atoms with van der Waals surface area (Å²) in [4.78, 5) is 17.1. The van der Waals surface area contributed by atoms with Gasteiger partial charge < -0.3 is 4.42 Å².